The summed E-state index contributed by atoms with van der Waals surface area (Å²) in [5.41, 5.74) is 2.88. The maximum Gasteiger partial charge on any atom is 0.254 e. The molecule has 1 saturated heterocycles. The van der Waals surface area contributed by atoms with Crippen molar-refractivity contribution in [2.45, 2.75) is 58.2 Å². The second-order valence-electron chi connectivity index (χ2n) is 10.7. The number of amides is 2. The molecule has 0 radical (unpaired) electrons. The van der Waals surface area contributed by atoms with E-state index >= 15 is 0 Å². The predicted molar refractivity (Wildman–Crippen MR) is 159 cm³/mol. The maximum atomic E-state index is 13.8. The molecule has 1 fully saturated rings. The molecule has 4 aromatic rings. The van der Waals surface area contributed by atoms with Crippen molar-refractivity contribution in [2.75, 3.05) is 13.6 Å². The van der Waals surface area contributed by atoms with Crippen molar-refractivity contribution in [3.63, 3.8) is 0 Å². The normalized spacial score (nSPS) is 17.6. The van der Waals surface area contributed by atoms with Crippen molar-refractivity contribution in [1.29, 1.82) is 0 Å². The monoisotopic (exact) mass is 600 g/mol. The number of hydrogen-bond donors (Lipinski definition) is 0. The maximum absolute atomic E-state index is 13.8. The summed E-state index contributed by atoms with van der Waals surface area (Å²) < 4.78 is 3.49. The predicted octanol–water partition coefficient (Wildman–Crippen LogP) is 6.46. The number of likely N-dealkylation sites (tertiary alicyclic amines) is 1. The van der Waals surface area contributed by atoms with Crippen LogP contribution in [-0.4, -0.2) is 66.9 Å². The fourth-order valence-electron chi connectivity index (χ4n) is 5.32. The third kappa shape index (κ3) is 5.45. The Labute approximate surface area is 248 Å². The second kappa shape index (κ2) is 11.4. The molecular weight excluding hydrogens is 571 g/mol. The first-order chi connectivity index (χ1) is 19.0. The molecule has 8 nitrogen and oxygen atoms in total. The molecule has 1 aliphatic rings. The Bertz CT molecular complexity index is 1560. The summed E-state index contributed by atoms with van der Waals surface area (Å²) in [6, 6.07) is 11.0. The van der Waals surface area contributed by atoms with E-state index in [1.54, 1.807) is 28.8 Å². The van der Waals surface area contributed by atoms with Crippen LogP contribution in [0, 0.1) is 0 Å². The van der Waals surface area contributed by atoms with Crippen LogP contribution in [0.3, 0.4) is 0 Å². The number of fused-ring (bicyclic) bond motifs is 1. The Morgan fingerprint density at radius 3 is 2.52 bits per heavy atom. The van der Waals surface area contributed by atoms with Crippen LogP contribution in [0.25, 0.3) is 16.6 Å². The minimum absolute atomic E-state index is 0.00211. The van der Waals surface area contributed by atoms with Crippen molar-refractivity contribution >= 4 is 57.5 Å². The highest BCUT2D eigenvalue weighted by Crippen LogP contribution is 2.35. The van der Waals surface area contributed by atoms with Gasteiger partial charge in [0.15, 0.2) is 0 Å². The van der Waals surface area contributed by atoms with Gasteiger partial charge >= 0.3 is 0 Å². The molecule has 1 aliphatic heterocycles. The summed E-state index contributed by atoms with van der Waals surface area (Å²) in [6.07, 6.45) is 5.23. The quantitative estimate of drug-likeness (QED) is 0.254. The Hall–Kier alpha value is -3.07. The van der Waals surface area contributed by atoms with Crippen LogP contribution in [0.5, 0.6) is 0 Å². The fourth-order valence-corrected chi connectivity index (χ4v) is 6.31. The van der Waals surface area contributed by atoms with Crippen molar-refractivity contribution in [2.24, 2.45) is 0 Å². The molecule has 2 aromatic heterocycles. The zero-order valence-electron chi connectivity index (χ0n) is 22.8. The number of benzene rings is 2. The zero-order chi connectivity index (χ0) is 28.7. The van der Waals surface area contributed by atoms with Crippen LogP contribution in [-0.2, 0) is 11.3 Å². The van der Waals surface area contributed by atoms with Crippen LogP contribution in [0.15, 0.2) is 48.8 Å². The molecule has 2 amide bonds. The van der Waals surface area contributed by atoms with Crippen molar-refractivity contribution in [3.8, 4) is 5.69 Å². The molecule has 0 spiro atoms. The fraction of sp³-hybridized carbons (Fsp3) is 0.379. The van der Waals surface area contributed by atoms with Gasteiger partial charge in [0.25, 0.3) is 5.91 Å². The van der Waals surface area contributed by atoms with Gasteiger partial charge in [-0.2, -0.15) is 0 Å². The Balaban J connectivity index is 1.31. The third-order valence-electron chi connectivity index (χ3n) is 7.79. The lowest BCUT2D eigenvalue weighted by molar-refractivity contribution is -0.131. The van der Waals surface area contributed by atoms with Crippen LogP contribution in [0.4, 0.5) is 0 Å². The molecule has 40 heavy (non-hydrogen) atoms. The molecule has 0 aliphatic carbocycles. The lowest BCUT2D eigenvalue weighted by Crippen LogP contribution is -2.44. The number of carbonyl (C=O) groups excluding carboxylic acids is 2. The summed E-state index contributed by atoms with van der Waals surface area (Å²) in [7, 11) is 1.81. The molecule has 2 unspecified atom stereocenters. The second-order valence-corrected chi connectivity index (χ2v) is 11.9. The minimum Gasteiger partial charge on any atom is -0.342 e. The van der Waals surface area contributed by atoms with E-state index in [1.165, 1.54) is 0 Å². The highest BCUT2D eigenvalue weighted by molar-refractivity contribution is 6.40. The van der Waals surface area contributed by atoms with E-state index in [2.05, 4.69) is 17.2 Å². The van der Waals surface area contributed by atoms with Gasteiger partial charge in [0.1, 0.15) is 12.2 Å². The zero-order valence-corrected chi connectivity index (χ0v) is 25.1. The highest BCUT2D eigenvalue weighted by atomic mass is 35.5. The van der Waals surface area contributed by atoms with Crippen molar-refractivity contribution in [3.05, 3.63) is 75.1 Å². The number of likely N-dealkylation sites (N-methyl/N-ethyl adjacent to an activating group) is 1. The molecule has 2 aromatic carbocycles. The Kier molecular flexibility index (Phi) is 8.13. The van der Waals surface area contributed by atoms with Gasteiger partial charge in [0, 0.05) is 59.3 Å². The van der Waals surface area contributed by atoms with Gasteiger partial charge in [-0.05, 0) is 63.9 Å². The molecule has 0 N–H and O–H groups in total. The van der Waals surface area contributed by atoms with Gasteiger partial charge in [-0.25, -0.2) is 4.68 Å². The third-order valence-corrected chi connectivity index (χ3v) is 8.59. The average molecular weight is 602 g/mol. The largest absolute Gasteiger partial charge is 0.342 e. The first-order valence-electron chi connectivity index (χ1n) is 13.3. The van der Waals surface area contributed by atoms with Crippen LogP contribution in [0.1, 0.15) is 55.6 Å². The first kappa shape index (κ1) is 28.5. The topological polar surface area (TPSA) is 76.3 Å². The summed E-state index contributed by atoms with van der Waals surface area (Å²) in [4.78, 5) is 30.1. The van der Waals surface area contributed by atoms with Gasteiger partial charge in [0.05, 0.1) is 21.9 Å². The van der Waals surface area contributed by atoms with Gasteiger partial charge in [-0.3, -0.25) is 9.59 Å². The minimum atomic E-state index is -0.0108. The lowest BCUT2D eigenvalue weighted by Gasteiger charge is -2.37. The summed E-state index contributed by atoms with van der Waals surface area (Å²) in [5.74, 6) is 0.152. The van der Waals surface area contributed by atoms with Crippen molar-refractivity contribution in [1.82, 2.24) is 29.4 Å². The number of rotatable bonds is 6. The number of piperidine rings is 1. The van der Waals surface area contributed by atoms with Crippen LogP contribution < -0.4 is 0 Å². The van der Waals surface area contributed by atoms with Crippen LogP contribution in [0.2, 0.25) is 15.1 Å². The molecular formula is C29H31Cl3N6O2. The molecule has 11 heteroatoms. The SMILES string of the molecule is CC(C)N(C)C(=O)Cn1ccc2c(C(=O)N3CCC(c4cn(-c5c(Cl)cc(Cl)cc5Cl)nn4)CC3C)cccc21. The van der Waals surface area contributed by atoms with E-state index in [4.69, 9.17) is 34.8 Å². The summed E-state index contributed by atoms with van der Waals surface area (Å²) >= 11 is 18.8. The molecule has 210 valence electrons. The Morgan fingerprint density at radius 1 is 1.12 bits per heavy atom. The van der Waals surface area contributed by atoms with E-state index in [0.717, 1.165) is 29.4 Å². The van der Waals surface area contributed by atoms with Gasteiger partial charge in [0.2, 0.25) is 5.91 Å². The van der Waals surface area contributed by atoms with Gasteiger partial charge in [-0.15, -0.1) is 5.10 Å². The van der Waals surface area contributed by atoms with E-state index < -0.39 is 0 Å². The summed E-state index contributed by atoms with van der Waals surface area (Å²) in [6.45, 7) is 6.85. The molecule has 0 saturated carbocycles. The van der Waals surface area contributed by atoms with E-state index in [0.29, 0.717) is 32.9 Å². The Morgan fingerprint density at radius 2 is 1.85 bits per heavy atom. The highest BCUT2D eigenvalue weighted by Gasteiger charge is 2.32. The average Bonchev–Trinajstić information content (AvgIpc) is 3.55. The van der Waals surface area contributed by atoms with Gasteiger partial charge < -0.3 is 14.4 Å². The number of aromatic nitrogens is 4. The molecule has 0 bridgehead atoms. The number of nitrogens with zero attached hydrogens (tertiary/aromatic N) is 6. The molecule has 3 heterocycles. The van der Waals surface area contributed by atoms with Crippen LogP contribution >= 0.6 is 34.8 Å². The smallest absolute Gasteiger partial charge is 0.254 e. The van der Waals surface area contributed by atoms with E-state index in [9.17, 15) is 9.59 Å². The number of hydrogen-bond acceptors (Lipinski definition) is 4. The van der Waals surface area contributed by atoms with E-state index in [-0.39, 0.29) is 36.4 Å². The first-order valence-corrected chi connectivity index (χ1v) is 14.4. The lowest BCUT2D eigenvalue weighted by atomic mass is 9.89. The molecule has 2 atom stereocenters. The number of halogens is 3. The summed E-state index contributed by atoms with van der Waals surface area (Å²) in [5, 5.41) is 10.7. The van der Waals surface area contributed by atoms with Crippen molar-refractivity contribution < 1.29 is 9.59 Å². The van der Waals surface area contributed by atoms with E-state index in [1.807, 2.05) is 60.0 Å². The number of carbonyl (C=O) groups is 2. The van der Waals surface area contributed by atoms with Gasteiger partial charge in [-0.1, -0.05) is 46.1 Å². The standard InChI is InChI=1S/C29H31Cl3N6O2/c1-17(2)35(4)27(39)16-36-10-9-21-22(6-5-7-26(21)36)29(40)37-11-8-19(12-18(37)3)25-15-38(34-33-25)28-23(31)13-20(30)14-24(28)32/h5-7,9-10,13-15,17-19H,8,11-12,16H2,1-4H3. The molecule has 5 rings (SSSR count).